The van der Waals surface area contributed by atoms with Crippen molar-refractivity contribution in [2.75, 3.05) is 6.61 Å². The monoisotopic (exact) mass is 345 g/mol. The van der Waals surface area contributed by atoms with Crippen molar-refractivity contribution in [2.24, 2.45) is 0 Å². The molecule has 0 radical (unpaired) electrons. The van der Waals surface area contributed by atoms with E-state index in [2.05, 4.69) is 4.98 Å². The zero-order valence-corrected chi connectivity index (χ0v) is 12.8. The van der Waals surface area contributed by atoms with Crippen LogP contribution < -0.4 is 0 Å². The average Bonchev–Trinajstić information content (AvgIpc) is 2.88. The number of aromatic amines is 1. The fourth-order valence-electron chi connectivity index (χ4n) is 3.39. The number of ether oxygens (including phenoxy) is 1. The van der Waals surface area contributed by atoms with Crippen LogP contribution in [0.3, 0.4) is 0 Å². The van der Waals surface area contributed by atoms with Gasteiger partial charge in [-0.05, 0) is 30.5 Å². The SMILES string of the molecule is CCCC1(C(=O)O)OCCc2c1[nH]c1c(F)ccc(C(F)(F)F)c21. The highest BCUT2D eigenvalue weighted by Gasteiger charge is 2.48. The van der Waals surface area contributed by atoms with E-state index in [0.717, 1.165) is 6.07 Å². The summed E-state index contributed by atoms with van der Waals surface area (Å²) in [6.07, 6.45) is -4.07. The Bertz CT molecular complexity index is 812. The van der Waals surface area contributed by atoms with Gasteiger partial charge in [0.25, 0.3) is 0 Å². The number of aliphatic carboxylic acids is 1. The second-order valence-corrected chi connectivity index (χ2v) is 5.80. The number of carboxylic acids is 1. The molecule has 1 aromatic heterocycles. The predicted octanol–water partition coefficient (Wildman–Crippen LogP) is 3.98. The first-order chi connectivity index (χ1) is 11.2. The minimum Gasteiger partial charge on any atom is -0.479 e. The Morgan fingerprint density at radius 3 is 2.71 bits per heavy atom. The van der Waals surface area contributed by atoms with Crippen molar-refractivity contribution in [3.63, 3.8) is 0 Å². The number of hydrogen-bond acceptors (Lipinski definition) is 2. The third-order valence-electron chi connectivity index (χ3n) is 4.37. The smallest absolute Gasteiger partial charge is 0.417 e. The van der Waals surface area contributed by atoms with Gasteiger partial charge in [-0.2, -0.15) is 13.2 Å². The summed E-state index contributed by atoms with van der Waals surface area (Å²) in [6.45, 7) is 1.70. The van der Waals surface area contributed by atoms with E-state index in [9.17, 15) is 27.5 Å². The van der Waals surface area contributed by atoms with Crippen LogP contribution in [-0.4, -0.2) is 22.7 Å². The average molecular weight is 345 g/mol. The lowest BCUT2D eigenvalue weighted by molar-refractivity contribution is -0.171. The molecular weight excluding hydrogens is 330 g/mol. The molecule has 0 saturated heterocycles. The maximum Gasteiger partial charge on any atom is 0.417 e. The molecule has 0 bridgehead atoms. The van der Waals surface area contributed by atoms with Gasteiger partial charge in [0.1, 0.15) is 5.82 Å². The summed E-state index contributed by atoms with van der Waals surface area (Å²) < 4.78 is 59.5. The Morgan fingerprint density at radius 2 is 2.12 bits per heavy atom. The largest absolute Gasteiger partial charge is 0.479 e. The van der Waals surface area contributed by atoms with Crippen LogP contribution >= 0.6 is 0 Å². The second kappa shape index (κ2) is 5.47. The van der Waals surface area contributed by atoms with Crippen LogP contribution in [0.15, 0.2) is 12.1 Å². The first-order valence-corrected chi connectivity index (χ1v) is 7.50. The molecule has 2 heterocycles. The number of benzene rings is 1. The molecule has 0 saturated carbocycles. The Balaban J connectivity index is 2.38. The predicted molar refractivity (Wildman–Crippen MR) is 77.1 cm³/mol. The van der Waals surface area contributed by atoms with Crippen molar-refractivity contribution in [1.82, 2.24) is 4.98 Å². The van der Waals surface area contributed by atoms with Crippen molar-refractivity contribution in [3.8, 4) is 0 Å². The van der Waals surface area contributed by atoms with Crippen molar-refractivity contribution >= 4 is 16.9 Å². The molecule has 2 N–H and O–H groups in total. The zero-order chi connectivity index (χ0) is 17.7. The second-order valence-electron chi connectivity index (χ2n) is 5.80. The van der Waals surface area contributed by atoms with Crippen LogP contribution in [0.5, 0.6) is 0 Å². The number of halogens is 4. The van der Waals surface area contributed by atoms with Gasteiger partial charge in [-0.1, -0.05) is 13.3 Å². The number of carbonyl (C=O) groups is 1. The van der Waals surface area contributed by atoms with E-state index in [-0.39, 0.29) is 41.6 Å². The molecule has 2 aromatic rings. The number of alkyl halides is 3. The maximum absolute atomic E-state index is 14.1. The standard InChI is InChI=1S/C16H15F4NO3/c1-2-6-15(14(22)23)13-8(5-7-24-15)11-9(16(18,19)20)3-4-10(17)12(11)21-13/h3-4,21H,2,5-7H2,1H3,(H,22,23). The quantitative estimate of drug-likeness (QED) is 0.827. The van der Waals surface area contributed by atoms with Gasteiger partial charge in [0.05, 0.1) is 23.4 Å². The molecule has 1 aliphatic rings. The molecule has 0 fully saturated rings. The van der Waals surface area contributed by atoms with Crippen LogP contribution in [0, 0.1) is 5.82 Å². The molecule has 0 amide bonds. The van der Waals surface area contributed by atoms with Gasteiger partial charge < -0.3 is 14.8 Å². The maximum atomic E-state index is 14.1. The number of carboxylic acid groups (broad SMARTS) is 1. The first kappa shape index (κ1) is 16.8. The molecule has 1 atom stereocenters. The summed E-state index contributed by atoms with van der Waals surface area (Å²) in [5, 5.41) is 9.33. The summed E-state index contributed by atoms with van der Waals surface area (Å²) in [5.74, 6) is -2.16. The normalized spacial score (nSPS) is 21.0. The summed E-state index contributed by atoms with van der Waals surface area (Å²) in [6, 6.07) is 1.42. The summed E-state index contributed by atoms with van der Waals surface area (Å²) in [7, 11) is 0. The lowest BCUT2D eigenvalue weighted by Gasteiger charge is -2.33. The van der Waals surface area contributed by atoms with Gasteiger partial charge in [0.15, 0.2) is 0 Å². The Kier molecular flexibility index (Phi) is 3.82. The van der Waals surface area contributed by atoms with Gasteiger partial charge >= 0.3 is 12.1 Å². The topological polar surface area (TPSA) is 62.3 Å². The highest BCUT2D eigenvalue weighted by atomic mass is 19.4. The van der Waals surface area contributed by atoms with Gasteiger partial charge in [-0.3, -0.25) is 0 Å². The van der Waals surface area contributed by atoms with Crippen LogP contribution in [0.25, 0.3) is 10.9 Å². The van der Waals surface area contributed by atoms with E-state index < -0.39 is 29.1 Å². The summed E-state index contributed by atoms with van der Waals surface area (Å²) >= 11 is 0. The van der Waals surface area contributed by atoms with E-state index in [1.807, 2.05) is 0 Å². The van der Waals surface area contributed by atoms with Crippen LogP contribution in [-0.2, 0) is 27.7 Å². The van der Waals surface area contributed by atoms with E-state index in [1.165, 1.54) is 0 Å². The third-order valence-corrected chi connectivity index (χ3v) is 4.37. The molecular formula is C16H15F4NO3. The highest BCUT2D eigenvalue weighted by molar-refractivity contribution is 5.92. The van der Waals surface area contributed by atoms with Crippen molar-refractivity contribution in [2.45, 2.75) is 38.0 Å². The summed E-state index contributed by atoms with van der Waals surface area (Å²) in [4.78, 5) is 14.4. The van der Waals surface area contributed by atoms with Crippen molar-refractivity contribution in [1.29, 1.82) is 0 Å². The van der Waals surface area contributed by atoms with Crippen LogP contribution in [0.2, 0.25) is 0 Å². The highest BCUT2D eigenvalue weighted by Crippen LogP contribution is 2.44. The molecule has 0 spiro atoms. The third kappa shape index (κ3) is 2.28. The Labute approximate surface area is 134 Å². The number of rotatable bonds is 3. The number of aromatic nitrogens is 1. The molecule has 130 valence electrons. The fourth-order valence-corrected chi connectivity index (χ4v) is 3.39. The molecule has 1 aromatic carbocycles. The first-order valence-electron chi connectivity index (χ1n) is 7.50. The molecule has 1 aliphatic heterocycles. The number of H-pyrrole nitrogens is 1. The summed E-state index contributed by atoms with van der Waals surface area (Å²) in [5.41, 5.74) is -2.92. The van der Waals surface area contributed by atoms with Crippen molar-refractivity contribution < 1.29 is 32.2 Å². The molecule has 24 heavy (non-hydrogen) atoms. The van der Waals surface area contributed by atoms with Gasteiger partial charge in [-0.15, -0.1) is 0 Å². The number of nitrogens with one attached hydrogen (secondary N) is 1. The van der Waals surface area contributed by atoms with Gasteiger partial charge in [-0.25, -0.2) is 9.18 Å². The van der Waals surface area contributed by atoms with Gasteiger partial charge in [0, 0.05) is 5.39 Å². The minimum absolute atomic E-state index is 0.00806. The number of hydrogen-bond donors (Lipinski definition) is 2. The molecule has 0 aliphatic carbocycles. The lowest BCUT2D eigenvalue weighted by atomic mass is 9.87. The van der Waals surface area contributed by atoms with Crippen LogP contribution in [0.1, 0.15) is 36.6 Å². The van der Waals surface area contributed by atoms with E-state index in [4.69, 9.17) is 4.74 Å². The van der Waals surface area contributed by atoms with E-state index in [1.54, 1.807) is 6.92 Å². The Morgan fingerprint density at radius 1 is 1.42 bits per heavy atom. The Hall–Kier alpha value is -2.09. The molecule has 8 heteroatoms. The van der Waals surface area contributed by atoms with Crippen molar-refractivity contribution in [3.05, 3.63) is 34.8 Å². The van der Waals surface area contributed by atoms with Gasteiger partial charge in [0.2, 0.25) is 5.60 Å². The van der Waals surface area contributed by atoms with Crippen LogP contribution in [0.4, 0.5) is 17.6 Å². The molecule has 4 nitrogen and oxygen atoms in total. The number of fused-ring (bicyclic) bond motifs is 3. The lowest BCUT2D eigenvalue weighted by Crippen LogP contribution is -2.43. The molecule has 3 rings (SSSR count). The fraction of sp³-hybridized carbons (Fsp3) is 0.438. The zero-order valence-electron chi connectivity index (χ0n) is 12.8. The van der Waals surface area contributed by atoms with E-state index in [0.29, 0.717) is 12.5 Å². The van der Waals surface area contributed by atoms with E-state index >= 15 is 0 Å². The minimum atomic E-state index is -4.67. The molecule has 1 unspecified atom stereocenters.